The predicted molar refractivity (Wildman–Crippen MR) is 112 cm³/mol. The average Bonchev–Trinajstić information content (AvgIpc) is 2.73. The molecule has 160 valence electrons. The zero-order valence-electron chi connectivity index (χ0n) is 17.5. The molecule has 9 heteroatoms. The number of aliphatic hydroxyl groups is 1. The molecule has 30 heavy (non-hydrogen) atoms. The lowest BCUT2D eigenvalue weighted by Crippen LogP contribution is -3.06. The van der Waals surface area contributed by atoms with Crippen LogP contribution in [-0.2, 0) is 10.5 Å². The number of amides is 3. The minimum Gasteiger partial charge on any atom is -0.497 e. The Morgan fingerprint density at radius 1 is 1.20 bits per heavy atom. The van der Waals surface area contributed by atoms with Crippen LogP contribution in [-0.4, -0.2) is 58.4 Å². The van der Waals surface area contributed by atoms with Crippen LogP contribution < -0.4 is 29.9 Å². The highest BCUT2D eigenvalue weighted by Gasteiger charge is 2.52. The number of methoxy groups -OCH3 is 2. The minimum atomic E-state index is -2.28. The largest absolute Gasteiger partial charge is 0.497 e. The third kappa shape index (κ3) is 3.77. The van der Waals surface area contributed by atoms with Gasteiger partial charge in [-0.25, -0.2) is 9.69 Å². The van der Waals surface area contributed by atoms with Crippen molar-refractivity contribution in [3.63, 3.8) is 0 Å². The summed E-state index contributed by atoms with van der Waals surface area (Å²) in [5.41, 5.74) is -1.43. The van der Waals surface area contributed by atoms with E-state index in [-0.39, 0.29) is 17.0 Å². The molecule has 9 nitrogen and oxygen atoms in total. The zero-order valence-corrected chi connectivity index (χ0v) is 17.5. The molecular weight excluding hydrogens is 388 g/mol. The van der Waals surface area contributed by atoms with Crippen molar-refractivity contribution in [1.29, 1.82) is 0 Å². The van der Waals surface area contributed by atoms with Crippen LogP contribution in [0.1, 0.15) is 5.56 Å². The van der Waals surface area contributed by atoms with Crippen molar-refractivity contribution < 1.29 is 29.1 Å². The fraction of sp³-hybridized carbons (Fsp3) is 0.333. The van der Waals surface area contributed by atoms with Gasteiger partial charge in [0.05, 0.1) is 52.8 Å². The van der Waals surface area contributed by atoms with Gasteiger partial charge in [0.25, 0.3) is 11.6 Å². The molecule has 4 N–H and O–H groups in total. The molecule has 0 saturated heterocycles. The second kappa shape index (κ2) is 8.60. The Morgan fingerprint density at radius 3 is 2.60 bits per heavy atom. The van der Waals surface area contributed by atoms with Crippen LogP contribution in [0.2, 0.25) is 0 Å². The van der Waals surface area contributed by atoms with E-state index in [4.69, 9.17) is 9.47 Å². The second-order valence-electron chi connectivity index (χ2n) is 7.23. The number of hydrogen-bond acceptors (Lipinski definition) is 5. The number of nitrogens with one attached hydrogen (secondary N) is 3. The molecular formula is C21H27N4O5+. The van der Waals surface area contributed by atoms with Gasteiger partial charge in [0.2, 0.25) is 0 Å². The van der Waals surface area contributed by atoms with E-state index in [1.54, 1.807) is 42.5 Å². The average molecular weight is 415 g/mol. The molecule has 3 amide bonds. The smallest absolute Gasteiger partial charge is 0.329 e. The van der Waals surface area contributed by atoms with Gasteiger partial charge in [0, 0.05) is 11.6 Å². The number of urea groups is 1. The first-order valence-corrected chi connectivity index (χ1v) is 9.55. The topological polar surface area (TPSA) is 105 Å². The summed E-state index contributed by atoms with van der Waals surface area (Å²) in [6.07, 6.45) is 0. The molecule has 0 aromatic heterocycles. The van der Waals surface area contributed by atoms with E-state index in [0.29, 0.717) is 24.5 Å². The van der Waals surface area contributed by atoms with Crippen molar-refractivity contribution >= 4 is 23.3 Å². The van der Waals surface area contributed by atoms with E-state index in [9.17, 15) is 14.7 Å². The maximum absolute atomic E-state index is 13.3. The molecule has 1 atom stereocenters. The maximum Gasteiger partial charge on any atom is 0.329 e. The molecule has 0 saturated carbocycles. The summed E-state index contributed by atoms with van der Waals surface area (Å²) in [7, 11) is 6.86. The third-order valence-corrected chi connectivity index (χ3v) is 4.93. The first kappa shape index (κ1) is 21.4. The van der Waals surface area contributed by atoms with Crippen LogP contribution in [0.3, 0.4) is 0 Å². The Morgan fingerprint density at radius 2 is 1.93 bits per heavy atom. The SMILES string of the molecule is COc1ccc(N2C(=O)Nc3ccccc3C2(O)C(=O)NCC[NH+](C)C)c(OC)c1. The summed E-state index contributed by atoms with van der Waals surface area (Å²) < 4.78 is 10.6. The minimum absolute atomic E-state index is 0.223. The number of carbonyl (C=O) groups excluding carboxylic acids is 2. The fourth-order valence-electron chi connectivity index (χ4n) is 3.36. The summed E-state index contributed by atoms with van der Waals surface area (Å²) in [6.45, 7) is 0.988. The van der Waals surface area contributed by atoms with Crippen molar-refractivity contribution in [2.24, 2.45) is 0 Å². The van der Waals surface area contributed by atoms with Crippen LogP contribution in [0.4, 0.5) is 16.2 Å². The van der Waals surface area contributed by atoms with Crippen molar-refractivity contribution in [3.05, 3.63) is 48.0 Å². The summed E-state index contributed by atoms with van der Waals surface area (Å²) in [5, 5.41) is 17.2. The number of ether oxygens (including phenoxy) is 2. The molecule has 0 spiro atoms. The van der Waals surface area contributed by atoms with E-state index >= 15 is 0 Å². The number of quaternary nitrogens is 1. The van der Waals surface area contributed by atoms with Crippen molar-refractivity contribution in [2.75, 3.05) is 51.6 Å². The number of para-hydroxylation sites is 1. The van der Waals surface area contributed by atoms with Crippen molar-refractivity contribution in [1.82, 2.24) is 5.32 Å². The molecule has 1 aliphatic rings. The number of nitrogens with zero attached hydrogens (tertiary/aromatic N) is 1. The summed E-state index contributed by atoms with van der Waals surface area (Å²) >= 11 is 0. The van der Waals surface area contributed by atoms with Gasteiger partial charge in [-0.2, -0.15) is 0 Å². The van der Waals surface area contributed by atoms with Crippen LogP contribution in [0.5, 0.6) is 11.5 Å². The third-order valence-electron chi connectivity index (χ3n) is 4.93. The number of hydrogen-bond donors (Lipinski definition) is 4. The Labute approximate surface area is 175 Å². The highest BCUT2D eigenvalue weighted by molar-refractivity contribution is 6.12. The zero-order chi connectivity index (χ0) is 21.9. The summed E-state index contributed by atoms with van der Waals surface area (Å²) in [5.74, 6) is 0.0760. The second-order valence-corrected chi connectivity index (χ2v) is 7.23. The molecule has 2 aromatic carbocycles. The first-order valence-electron chi connectivity index (χ1n) is 9.55. The van der Waals surface area contributed by atoms with E-state index < -0.39 is 17.7 Å². The summed E-state index contributed by atoms with van der Waals surface area (Å²) in [6, 6.07) is 10.8. The number of benzene rings is 2. The standard InChI is InChI=1S/C21H26N4O5/c1-24(2)12-11-22-19(26)21(28)15-7-5-6-8-16(15)23-20(27)25(21)17-10-9-14(29-3)13-18(17)30-4/h5-10,13,28H,11-12H2,1-4H3,(H,22,26)(H,23,27)/p+1. The normalized spacial score (nSPS) is 17.9. The molecule has 3 rings (SSSR count). The highest BCUT2D eigenvalue weighted by atomic mass is 16.5. The van der Waals surface area contributed by atoms with E-state index in [1.165, 1.54) is 14.2 Å². The Kier molecular flexibility index (Phi) is 6.14. The Balaban J connectivity index is 2.13. The lowest BCUT2D eigenvalue weighted by atomic mass is 9.94. The van der Waals surface area contributed by atoms with Crippen LogP contribution in [0.15, 0.2) is 42.5 Å². The monoisotopic (exact) mass is 415 g/mol. The van der Waals surface area contributed by atoms with Crippen molar-refractivity contribution in [3.8, 4) is 11.5 Å². The molecule has 2 aromatic rings. The van der Waals surface area contributed by atoms with Gasteiger partial charge in [-0.05, 0) is 18.2 Å². The lowest BCUT2D eigenvalue weighted by molar-refractivity contribution is -0.856. The fourth-order valence-corrected chi connectivity index (χ4v) is 3.36. The molecule has 0 fully saturated rings. The number of carbonyl (C=O) groups is 2. The van der Waals surface area contributed by atoms with E-state index in [1.807, 2.05) is 14.1 Å². The quantitative estimate of drug-likeness (QED) is 0.516. The van der Waals surface area contributed by atoms with Gasteiger partial charge in [0.1, 0.15) is 11.5 Å². The van der Waals surface area contributed by atoms with Crippen LogP contribution >= 0.6 is 0 Å². The van der Waals surface area contributed by atoms with Crippen LogP contribution in [0, 0.1) is 0 Å². The Hall–Kier alpha value is -3.30. The van der Waals surface area contributed by atoms with Gasteiger partial charge in [-0.1, -0.05) is 18.2 Å². The predicted octanol–water partition coefficient (Wildman–Crippen LogP) is 0.162. The van der Waals surface area contributed by atoms with Crippen LogP contribution in [0.25, 0.3) is 0 Å². The molecule has 1 unspecified atom stereocenters. The van der Waals surface area contributed by atoms with E-state index in [0.717, 1.165) is 9.80 Å². The van der Waals surface area contributed by atoms with Gasteiger partial charge in [0.15, 0.2) is 0 Å². The highest BCUT2D eigenvalue weighted by Crippen LogP contribution is 2.43. The number of rotatable bonds is 7. The number of anilines is 2. The van der Waals surface area contributed by atoms with Crippen molar-refractivity contribution in [2.45, 2.75) is 5.72 Å². The van der Waals surface area contributed by atoms with Gasteiger partial charge < -0.3 is 30.1 Å². The Bertz CT molecular complexity index is 949. The maximum atomic E-state index is 13.3. The molecule has 1 heterocycles. The summed E-state index contributed by atoms with van der Waals surface area (Å²) in [4.78, 5) is 28.5. The van der Waals surface area contributed by atoms with Gasteiger partial charge in [-0.15, -0.1) is 0 Å². The molecule has 0 bridgehead atoms. The van der Waals surface area contributed by atoms with E-state index in [2.05, 4.69) is 10.6 Å². The first-order chi connectivity index (χ1) is 14.3. The number of fused-ring (bicyclic) bond motifs is 1. The lowest BCUT2D eigenvalue weighted by Gasteiger charge is -2.43. The van der Waals surface area contributed by atoms with Gasteiger partial charge in [-0.3, -0.25) is 4.79 Å². The molecule has 0 aliphatic carbocycles. The van der Waals surface area contributed by atoms with Gasteiger partial charge >= 0.3 is 6.03 Å². The molecule has 0 radical (unpaired) electrons. The molecule has 1 aliphatic heterocycles. The number of likely N-dealkylation sites (N-methyl/N-ethyl adjacent to an activating group) is 1.